The van der Waals surface area contributed by atoms with Crippen molar-refractivity contribution in [1.29, 1.82) is 0 Å². The standard InChI is InChI=1S/C15H21IN2O2/c1-3-9-17-14(19)11-18(10-4-2)15(20)12-5-7-13(16)8-6-12/h5-8H,3-4,9-11H2,1-2H3,(H,17,19). The maximum Gasteiger partial charge on any atom is 0.254 e. The van der Waals surface area contributed by atoms with Crippen LogP contribution in [0.2, 0.25) is 0 Å². The maximum absolute atomic E-state index is 12.4. The number of carbonyl (C=O) groups is 2. The summed E-state index contributed by atoms with van der Waals surface area (Å²) in [5.74, 6) is -0.186. The summed E-state index contributed by atoms with van der Waals surface area (Å²) >= 11 is 2.20. The van der Waals surface area contributed by atoms with Crippen LogP contribution in [0.3, 0.4) is 0 Å². The van der Waals surface area contributed by atoms with Crippen molar-refractivity contribution in [2.24, 2.45) is 0 Å². The number of nitrogens with zero attached hydrogens (tertiary/aromatic N) is 1. The van der Waals surface area contributed by atoms with Crippen LogP contribution in [-0.4, -0.2) is 36.3 Å². The fraction of sp³-hybridized carbons (Fsp3) is 0.467. The second-order valence-corrected chi connectivity index (χ2v) is 5.83. The van der Waals surface area contributed by atoms with Crippen LogP contribution in [0.15, 0.2) is 24.3 Å². The summed E-state index contributed by atoms with van der Waals surface area (Å²) in [6.07, 6.45) is 1.72. The van der Waals surface area contributed by atoms with Gasteiger partial charge in [-0.05, 0) is 59.7 Å². The van der Waals surface area contributed by atoms with Gasteiger partial charge in [-0.25, -0.2) is 0 Å². The van der Waals surface area contributed by atoms with Crippen molar-refractivity contribution in [3.8, 4) is 0 Å². The number of hydrogen-bond acceptors (Lipinski definition) is 2. The number of benzene rings is 1. The number of rotatable bonds is 7. The fourth-order valence-corrected chi connectivity index (χ4v) is 2.15. The molecule has 0 aliphatic rings. The summed E-state index contributed by atoms with van der Waals surface area (Å²) in [7, 11) is 0. The van der Waals surface area contributed by atoms with Crippen molar-refractivity contribution in [2.75, 3.05) is 19.6 Å². The van der Waals surface area contributed by atoms with Crippen molar-refractivity contribution in [3.05, 3.63) is 33.4 Å². The van der Waals surface area contributed by atoms with Crippen LogP contribution >= 0.6 is 22.6 Å². The van der Waals surface area contributed by atoms with Gasteiger partial charge in [0.1, 0.15) is 0 Å². The molecule has 5 heteroatoms. The van der Waals surface area contributed by atoms with E-state index in [0.29, 0.717) is 18.7 Å². The lowest BCUT2D eigenvalue weighted by Gasteiger charge is -2.21. The quantitative estimate of drug-likeness (QED) is 0.731. The molecule has 1 N–H and O–H groups in total. The third-order valence-electron chi connectivity index (χ3n) is 2.78. The van der Waals surface area contributed by atoms with E-state index in [1.807, 2.05) is 26.0 Å². The average molecular weight is 388 g/mol. The molecule has 0 aliphatic carbocycles. The van der Waals surface area contributed by atoms with Crippen LogP contribution in [-0.2, 0) is 4.79 Å². The number of carbonyl (C=O) groups excluding carboxylic acids is 2. The molecule has 1 aromatic carbocycles. The highest BCUT2D eigenvalue weighted by molar-refractivity contribution is 14.1. The van der Waals surface area contributed by atoms with E-state index < -0.39 is 0 Å². The summed E-state index contributed by atoms with van der Waals surface area (Å²) in [4.78, 5) is 25.8. The Kier molecular flexibility index (Phi) is 7.58. The van der Waals surface area contributed by atoms with E-state index in [0.717, 1.165) is 16.4 Å². The van der Waals surface area contributed by atoms with Crippen molar-refractivity contribution < 1.29 is 9.59 Å². The molecule has 4 nitrogen and oxygen atoms in total. The Bertz CT molecular complexity index is 446. The molecule has 110 valence electrons. The molecule has 0 spiro atoms. The first kappa shape index (κ1) is 16.9. The summed E-state index contributed by atoms with van der Waals surface area (Å²) < 4.78 is 1.09. The zero-order chi connectivity index (χ0) is 15.0. The molecule has 0 unspecified atom stereocenters. The van der Waals surface area contributed by atoms with E-state index in [9.17, 15) is 9.59 Å². The largest absolute Gasteiger partial charge is 0.355 e. The first-order chi connectivity index (χ1) is 9.58. The van der Waals surface area contributed by atoms with E-state index >= 15 is 0 Å². The molecule has 0 atom stereocenters. The van der Waals surface area contributed by atoms with E-state index in [-0.39, 0.29) is 18.4 Å². The smallest absolute Gasteiger partial charge is 0.254 e. The molecule has 0 fully saturated rings. The molecule has 0 saturated heterocycles. The minimum Gasteiger partial charge on any atom is -0.355 e. The van der Waals surface area contributed by atoms with E-state index in [2.05, 4.69) is 27.9 Å². The van der Waals surface area contributed by atoms with E-state index in [1.165, 1.54) is 0 Å². The monoisotopic (exact) mass is 388 g/mol. The van der Waals surface area contributed by atoms with E-state index in [4.69, 9.17) is 0 Å². The highest BCUT2D eigenvalue weighted by Crippen LogP contribution is 2.10. The normalized spacial score (nSPS) is 10.2. The highest BCUT2D eigenvalue weighted by atomic mass is 127. The molecular weight excluding hydrogens is 367 g/mol. The van der Waals surface area contributed by atoms with Crippen LogP contribution in [0.5, 0.6) is 0 Å². The topological polar surface area (TPSA) is 49.4 Å². The maximum atomic E-state index is 12.4. The number of hydrogen-bond donors (Lipinski definition) is 1. The Balaban J connectivity index is 2.71. The Morgan fingerprint density at radius 1 is 1.15 bits per heavy atom. The molecular formula is C15H21IN2O2. The third-order valence-corrected chi connectivity index (χ3v) is 3.50. The molecule has 0 radical (unpaired) electrons. The second-order valence-electron chi connectivity index (χ2n) is 4.58. The first-order valence-corrected chi connectivity index (χ1v) is 7.97. The van der Waals surface area contributed by atoms with Gasteiger partial charge in [-0.1, -0.05) is 13.8 Å². The lowest BCUT2D eigenvalue weighted by Crippen LogP contribution is -2.41. The molecule has 0 aliphatic heterocycles. The van der Waals surface area contributed by atoms with Gasteiger partial charge in [0.15, 0.2) is 0 Å². The number of nitrogens with one attached hydrogen (secondary N) is 1. The van der Waals surface area contributed by atoms with Crippen LogP contribution in [0.1, 0.15) is 37.0 Å². The molecule has 0 bridgehead atoms. The average Bonchev–Trinajstić information content (AvgIpc) is 2.44. The summed E-state index contributed by atoms with van der Waals surface area (Å²) in [6, 6.07) is 7.40. The van der Waals surface area contributed by atoms with Crippen molar-refractivity contribution in [3.63, 3.8) is 0 Å². The number of halogens is 1. The minimum absolute atomic E-state index is 0.0881. The van der Waals surface area contributed by atoms with Crippen molar-refractivity contribution >= 4 is 34.4 Å². The lowest BCUT2D eigenvalue weighted by molar-refractivity contribution is -0.121. The molecule has 0 saturated carbocycles. The van der Waals surface area contributed by atoms with Gasteiger partial charge in [-0.3, -0.25) is 9.59 Å². The molecule has 2 amide bonds. The van der Waals surface area contributed by atoms with Gasteiger partial charge >= 0.3 is 0 Å². The predicted octanol–water partition coefficient (Wildman–Crippen LogP) is 2.67. The Morgan fingerprint density at radius 3 is 2.35 bits per heavy atom. The van der Waals surface area contributed by atoms with Gasteiger partial charge < -0.3 is 10.2 Å². The number of amides is 2. The Hall–Kier alpha value is -1.11. The van der Waals surface area contributed by atoms with Crippen LogP contribution in [0.4, 0.5) is 0 Å². The van der Waals surface area contributed by atoms with Gasteiger partial charge in [0, 0.05) is 22.2 Å². The second kappa shape index (κ2) is 8.94. The zero-order valence-electron chi connectivity index (χ0n) is 12.0. The van der Waals surface area contributed by atoms with Crippen molar-refractivity contribution in [2.45, 2.75) is 26.7 Å². The Morgan fingerprint density at radius 2 is 1.80 bits per heavy atom. The molecule has 1 aromatic rings. The van der Waals surface area contributed by atoms with E-state index in [1.54, 1.807) is 17.0 Å². The third kappa shape index (κ3) is 5.48. The summed E-state index contributed by atoms with van der Waals surface area (Å²) in [5, 5.41) is 2.80. The van der Waals surface area contributed by atoms with Crippen LogP contribution < -0.4 is 5.32 Å². The Labute approximate surface area is 134 Å². The van der Waals surface area contributed by atoms with Gasteiger partial charge in [0.05, 0.1) is 6.54 Å². The van der Waals surface area contributed by atoms with Gasteiger partial charge in [-0.15, -0.1) is 0 Å². The SMILES string of the molecule is CCCNC(=O)CN(CCC)C(=O)c1ccc(I)cc1. The zero-order valence-corrected chi connectivity index (χ0v) is 14.1. The molecule has 20 heavy (non-hydrogen) atoms. The minimum atomic E-state index is -0.0980. The van der Waals surface area contributed by atoms with Gasteiger partial charge in [0.2, 0.25) is 5.91 Å². The summed E-state index contributed by atoms with van der Waals surface area (Å²) in [5.41, 5.74) is 0.627. The highest BCUT2D eigenvalue weighted by Gasteiger charge is 2.17. The summed E-state index contributed by atoms with van der Waals surface area (Å²) in [6.45, 7) is 5.36. The van der Waals surface area contributed by atoms with Crippen LogP contribution in [0.25, 0.3) is 0 Å². The predicted molar refractivity (Wildman–Crippen MR) is 88.7 cm³/mol. The first-order valence-electron chi connectivity index (χ1n) is 6.90. The van der Waals surface area contributed by atoms with Gasteiger partial charge in [0.25, 0.3) is 5.91 Å². The van der Waals surface area contributed by atoms with Crippen LogP contribution in [0, 0.1) is 3.57 Å². The van der Waals surface area contributed by atoms with Gasteiger partial charge in [-0.2, -0.15) is 0 Å². The van der Waals surface area contributed by atoms with Crippen molar-refractivity contribution in [1.82, 2.24) is 10.2 Å². The molecule has 0 heterocycles. The lowest BCUT2D eigenvalue weighted by atomic mass is 10.2. The molecule has 0 aromatic heterocycles. The molecule has 1 rings (SSSR count). The fourth-order valence-electron chi connectivity index (χ4n) is 1.79.